The van der Waals surface area contributed by atoms with Gasteiger partial charge in [-0.25, -0.2) is 4.79 Å². The highest BCUT2D eigenvalue weighted by molar-refractivity contribution is 5.92. The molecule has 1 aromatic rings. The van der Waals surface area contributed by atoms with Crippen molar-refractivity contribution >= 4 is 35.7 Å². The zero-order valence-corrected chi connectivity index (χ0v) is 16.4. The van der Waals surface area contributed by atoms with Crippen molar-refractivity contribution in [3.8, 4) is 0 Å². The van der Waals surface area contributed by atoms with Crippen LogP contribution in [0.4, 0.5) is 16.2 Å². The number of hydrogen-bond donors (Lipinski definition) is 3. The fourth-order valence-corrected chi connectivity index (χ4v) is 3.30. The van der Waals surface area contributed by atoms with Crippen molar-refractivity contribution in [3.63, 3.8) is 0 Å². The maximum Gasteiger partial charge on any atom is 0.321 e. The summed E-state index contributed by atoms with van der Waals surface area (Å²) in [5.74, 6) is -0.0469. The number of morpholine rings is 1. The van der Waals surface area contributed by atoms with Crippen molar-refractivity contribution in [1.29, 1.82) is 0 Å². The highest BCUT2D eigenvalue weighted by Crippen LogP contribution is 2.16. The monoisotopic (exact) mass is 396 g/mol. The Balaban J connectivity index is 0.00000261. The molecular formula is C19H29ClN4O3. The van der Waals surface area contributed by atoms with Gasteiger partial charge in [0.1, 0.15) is 0 Å². The lowest BCUT2D eigenvalue weighted by Crippen LogP contribution is -2.43. The van der Waals surface area contributed by atoms with Gasteiger partial charge in [0.2, 0.25) is 5.91 Å². The molecule has 0 radical (unpaired) electrons. The lowest BCUT2D eigenvalue weighted by Gasteiger charge is -2.23. The highest BCUT2D eigenvalue weighted by Gasteiger charge is 2.17. The minimum Gasteiger partial charge on any atom is -0.378 e. The maximum absolute atomic E-state index is 12.3. The van der Waals surface area contributed by atoms with Crippen LogP contribution in [0.25, 0.3) is 0 Å². The number of rotatable bonds is 4. The largest absolute Gasteiger partial charge is 0.378 e. The van der Waals surface area contributed by atoms with E-state index in [0.29, 0.717) is 19.6 Å². The number of hydrogen-bond acceptors (Lipinski definition) is 4. The van der Waals surface area contributed by atoms with Gasteiger partial charge in [0, 0.05) is 43.5 Å². The quantitative estimate of drug-likeness (QED) is 0.730. The molecule has 0 aliphatic carbocycles. The molecule has 0 saturated carbocycles. The molecule has 3 N–H and O–H groups in total. The number of halogens is 1. The summed E-state index contributed by atoms with van der Waals surface area (Å²) in [4.78, 5) is 26.3. The lowest BCUT2D eigenvalue weighted by atomic mass is 10.2. The number of urea groups is 1. The van der Waals surface area contributed by atoms with E-state index < -0.39 is 0 Å². The molecule has 0 spiro atoms. The summed E-state index contributed by atoms with van der Waals surface area (Å²) >= 11 is 0. The predicted molar refractivity (Wildman–Crippen MR) is 109 cm³/mol. The molecule has 2 saturated heterocycles. The molecule has 2 heterocycles. The normalized spacial score (nSPS) is 20.1. The van der Waals surface area contributed by atoms with E-state index in [1.54, 1.807) is 12.1 Å². The van der Waals surface area contributed by atoms with E-state index >= 15 is 0 Å². The Hall–Kier alpha value is -1.83. The number of anilines is 2. The molecule has 1 aromatic carbocycles. The van der Waals surface area contributed by atoms with Crippen LogP contribution in [0, 0.1) is 0 Å². The summed E-state index contributed by atoms with van der Waals surface area (Å²) in [6.07, 6.45) is 4.91. The first-order valence-corrected chi connectivity index (χ1v) is 9.48. The van der Waals surface area contributed by atoms with E-state index in [1.807, 2.05) is 17.0 Å². The number of carbonyl (C=O) groups excluding carboxylic acids is 2. The lowest BCUT2D eigenvalue weighted by molar-refractivity contribution is -0.117. The molecule has 2 fully saturated rings. The van der Waals surface area contributed by atoms with Crippen molar-refractivity contribution < 1.29 is 14.3 Å². The first-order chi connectivity index (χ1) is 12.7. The second kappa shape index (κ2) is 11.1. The topological polar surface area (TPSA) is 82.7 Å². The average molecular weight is 397 g/mol. The summed E-state index contributed by atoms with van der Waals surface area (Å²) in [7, 11) is 0. The number of nitrogens with zero attached hydrogens (tertiary/aromatic N) is 1. The molecule has 8 heteroatoms. The second-order valence-electron chi connectivity index (χ2n) is 6.89. The molecule has 1 atom stereocenters. The molecule has 2 aliphatic rings. The minimum atomic E-state index is -0.0490. The van der Waals surface area contributed by atoms with E-state index in [-0.39, 0.29) is 30.4 Å². The van der Waals surface area contributed by atoms with Gasteiger partial charge < -0.3 is 25.6 Å². The Morgan fingerprint density at radius 2 is 1.67 bits per heavy atom. The van der Waals surface area contributed by atoms with Crippen molar-refractivity contribution in [2.45, 2.75) is 38.1 Å². The standard InChI is InChI=1S/C19H28N4O3.ClH/c24-18(13-17-14-26-12-9-20-17)21-15-5-7-16(8-6-15)22-19(25)23-10-3-1-2-4-11-23;/h5-8,17,20H,1-4,9-14H2,(H,21,24)(H,22,25);1H. The molecule has 1 unspecified atom stereocenters. The minimum absolute atomic E-state index is 0. The van der Waals surface area contributed by atoms with Gasteiger partial charge in [-0.2, -0.15) is 0 Å². The van der Waals surface area contributed by atoms with Crippen LogP contribution in [0.1, 0.15) is 32.1 Å². The third-order valence-electron chi connectivity index (χ3n) is 4.74. The Bertz CT molecular complexity index is 597. The number of benzene rings is 1. The van der Waals surface area contributed by atoms with Crippen molar-refractivity contribution in [3.05, 3.63) is 24.3 Å². The van der Waals surface area contributed by atoms with Gasteiger partial charge in [0.15, 0.2) is 0 Å². The van der Waals surface area contributed by atoms with E-state index in [0.717, 1.165) is 43.9 Å². The molecule has 7 nitrogen and oxygen atoms in total. The van der Waals surface area contributed by atoms with E-state index in [2.05, 4.69) is 16.0 Å². The predicted octanol–water partition coefficient (Wildman–Crippen LogP) is 2.83. The number of likely N-dealkylation sites (tertiary alicyclic amines) is 1. The van der Waals surface area contributed by atoms with Crippen molar-refractivity contribution in [2.24, 2.45) is 0 Å². The highest BCUT2D eigenvalue weighted by atomic mass is 35.5. The third kappa shape index (κ3) is 7.01. The van der Waals surface area contributed by atoms with Crippen LogP contribution < -0.4 is 16.0 Å². The number of nitrogens with one attached hydrogen (secondary N) is 3. The number of ether oxygens (including phenoxy) is 1. The number of amides is 3. The number of carbonyl (C=O) groups is 2. The van der Waals surface area contributed by atoms with Crippen molar-refractivity contribution in [1.82, 2.24) is 10.2 Å². The Labute approximate surface area is 166 Å². The van der Waals surface area contributed by atoms with Crippen LogP contribution in [0.5, 0.6) is 0 Å². The molecule has 3 rings (SSSR count). The third-order valence-corrected chi connectivity index (χ3v) is 4.74. The van der Waals surface area contributed by atoms with Crippen LogP contribution in [0.2, 0.25) is 0 Å². The molecule has 3 amide bonds. The zero-order valence-electron chi connectivity index (χ0n) is 15.5. The van der Waals surface area contributed by atoms with Crippen LogP contribution >= 0.6 is 12.4 Å². The van der Waals surface area contributed by atoms with Gasteiger partial charge in [-0.3, -0.25) is 4.79 Å². The van der Waals surface area contributed by atoms with Crippen LogP contribution in [0.15, 0.2) is 24.3 Å². The molecule has 0 bridgehead atoms. The summed E-state index contributed by atoms with van der Waals surface area (Å²) in [6.45, 7) is 3.68. The van der Waals surface area contributed by atoms with E-state index in [4.69, 9.17) is 4.74 Å². The molecule has 150 valence electrons. The maximum atomic E-state index is 12.3. The first kappa shape index (κ1) is 21.5. The van der Waals surface area contributed by atoms with Crippen molar-refractivity contribution in [2.75, 3.05) is 43.5 Å². The Kier molecular flexibility index (Phi) is 8.84. The average Bonchev–Trinajstić information content (AvgIpc) is 2.94. The molecule has 0 aromatic heterocycles. The zero-order chi connectivity index (χ0) is 18.2. The fraction of sp³-hybridized carbons (Fsp3) is 0.579. The van der Waals surface area contributed by atoms with Gasteiger partial charge in [-0.15, -0.1) is 12.4 Å². The summed E-state index contributed by atoms with van der Waals surface area (Å²) < 4.78 is 5.36. The van der Waals surface area contributed by atoms with Gasteiger partial charge in [-0.1, -0.05) is 12.8 Å². The first-order valence-electron chi connectivity index (χ1n) is 9.48. The van der Waals surface area contributed by atoms with Crippen LogP contribution in [-0.2, 0) is 9.53 Å². The summed E-state index contributed by atoms with van der Waals surface area (Å²) in [6, 6.07) is 7.25. The molecule has 27 heavy (non-hydrogen) atoms. The van der Waals surface area contributed by atoms with E-state index in [9.17, 15) is 9.59 Å². The smallest absolute Gasteiger partial charge is 0.321 e. The fourth-order valence-electron chi connectivity index (χ4n) is 3.30. The van der Waals surface area contributed by atoms with Gasteiger partial charge in [-0.05, 0) is 37.1 Å². The van der Waals surface area contributed by atoms with Gasteiger partial charge >= 0.3 is 6.03 Å². The molecule has 2 aliphatic heterocycles. The summed E-state index contributed by atoms with van der Waals surface area (Å²) in [5.41, 5.74) is 1.46. The van der Waals surface area contributed by atoms with Crippen LogP contribution in [-0.4, -0.2) is 55.7 Å². The van der Waals surface area contributed by atoms with Gasteiger partial charge in [0.25, 0.3) is 0 Å². The summed E-state index contributed by atoms with van der Waals surface area (Å²) in [5, 5.41) is 9.08. The Morgan fingerprint density at radius 1 is 1.04 bits per heavy atom. The van der Waals surface area contributed by atoms with Crippen LogP contribution in [0.3, 0.4) is 0 Å². The molecular weight excluding hydrogens is 368 g/mol. The SMILES string of the molecule is Cl.O=C(CC1COCCN1)Nc1ccc(NC(=O)N2CCCCCC2)cc1. The van der Waals surface area contributed by atoms with E-state index in [1.165, 1.54) is 12.8 Å². The second-order valence-corrected chi connectivity index (χ2v) is 6.89. The van der Waals surface area contributed by atoms with Gasteiger partial charge in [0.05, 0.1) is 13.2 Å². The Morgan fingerprint density at radius 3 is 2.26 bits per heavy atom.